The van der Waals surface area contributed by atoms with Crippen LogP contribution >= 0.6 is 11.8 Å². The molecule has 1 aromatic carbocycles. The molecule has 2 heterocycles. The maximum absolute atomic E-state index is 12.2. The van der Waals surface area contributed by atoms with Crippen molar-refractivity contribution in [2.45, 2.75) is 11.6 Å². The van der Waals surface area contributed by atoms with Crippen LogP contribution in [-0.2, 0) is 11.2 Å². The molecule has 19 heavy (non-hydrogen) atoms. The zero-order valence-corrected chi connectivity index (χ0v) is 11.1. The third kappa shape index (κ3) is 2.61. The van der Waals surface area contributed by atoms with Gasteiger partial charge in [0.1, 0.15) is 0 Å². The van der Waals surface area contributed by atoms with Gasteiger partial charge in [-0.15, -0.1) is 0 Å². The molecule has 0 N–H and O–H groups in total. The average molecular weight is 271 g/mol. The molecule has 0 unspecified atom stereocenters. The van der Waals surface area contributed by atoms with Crippen LogP contribution in [0, 0.1) is 0 Å². The van der Waals surface area contributed by atoms with Crippen molar-refractivity contribution < 1.29 is 4.79 Å². The first-order chi connectivity index (χ1) is 9.34. The fraction of sp³-hybridized carbons (Fsp3) is 0.214. The Morgan fingerprint density at radius 1 is 1.21 bits per heavy atom. The molecular weight excluding hydrogens is 258 g/mol. The number of nitrogens with zero attached hydrogens (tertiary/aromatic N) is 3. The van der Waals surface area contributed by atoms with Crippen molar-refractivity contribution in [2.75, 3.05) is 17.2 Å². The third-order valence-corrected chi connectivity index (χ3v) is 3.92. The number of para-hydroxylation sites is 1. The van der Waals surface area contributed by atoms with Crippen LogP contribution in [0.25, 0.3) is 0 Å². The summed E-state index contributed by atoms with van der Waals surface area (Å²) in [6.45, 7) is 0.772. The molecule has 0 atom stereocenters. The minimum absolute atomic E-state index is 0.113. The van der Waals surface area contributed by atoms with Crippen LogP contribution in [-0.4, -0.2) is 28.2 Å². The van der Waals surface area contributed by atoms with Crippen LogP contribution in [0.15, 0.2) is 47.9 Å². The van der Waals surface area contributed by atoms with Crippen molar-refractivity contribution in [3.05, 3.63) is 48.3 Å². The SMILES string of the molecule is O=C(CSc1ncccn1)N1CCc2ccccc21. The van der Waals surface area contributed by atoms with Crippen molar-refractivity contribution in [3.8, 4) is 0 Å². The molecule has 1 aliphatic rings. The normalized spacial score (nSPS) is 13.4. The van der Waals surface area contributed by atoms with Crippen LogP contribution < -0.4 is 4.90 Å². The predicted octanol–water partition coefficient (Wildman–Crippen LogP) is 2.16. The van der Waals surface area contributed by atoms with Crippen molar-refractivity contribution >= 4 is 23.4 Å². The minimum Gasteiger partial charge on any atom is -0.311 e. The van der Waals surface area contributed by atoms with Crippen molar-refractivity contribution in [1.82, 2.24) is 9.97 Å². The van der Waals surface area contributed by atoms with E-state index < -0.39 is 0 Å². The van der Waals surface area contributed by atoms with E-state index in [4.69, 9.17) is 0 Å². The Labute approximate surface area is 115 Å². The summed E-state index contributed by atoms with van der Waals surface area (Å²) >= 11 is 1.38. The van der Waals surface area contributed by atoms with Gasteiger partial charge in [-0.25, -0.2) is 9.97 Å². The topological polar surface area (TPSA) is 46.1 Å². The molecule has 1 aliphatic heterocycles. The Hall–Kier alpha value is -1.88. The average Bonchev–Trinajstić information content (AvgIpc) is 2.90. The highest BCUT2D eigenvalue weighted by Gasteiger charge is 2.23. The zero-order valence-electron chi connectivity index (χ0n) is 10.3. The zero-order chi connectivity index (χ0) is 13.1. The van der Waals surface area contributed by atoms with Crippen LogP contribution in [0.5, 0.6) is 0 Å². The first-order valence-corrected chi connectivity index (χ1v) is 7.11. The minimum atomic E-state index is 0.113. The molecule has 2 aromatic rings. The highest BCUT2D eigenvalue weighted by atomic mass is 32.2. The molecule has 0 radical (unpaired) electrons. The largest absolute Gasteiger partial charge is 0.311 e. The van der Waals surface area contributed by atoms with E-state index in [1.54, 1.807) is 18.5 Å². The van der Waals surface area contributed by atoms with E-state index in [1.807, 2.05) is 23.1 Å². The Bertz CT molecular complexity index is 588. The van der Waals surface area contributed by atoms with E-state index in [9.17, 15) is 4.79 Å². The molecule has 0 bridgehead atoms. The monoisotopic (exact) mass is 271 g/mol. The highest BCUT2D eigenvalue weighted by Crippen LogP contribution is 2.28. The predicted molar refractivity (Wildman–Crippen MR) is 75.3 cm³/mol. The molecule has 1 amide bonds. The number of anilines is 1. The van der Waals surface area contributed by atoms with E-state index in [-0.39, 0.29) is 5.91 Å². The fourth-order valence-electron chi connectivity index (χ4n) is 2.16. The first kappa shape index (κ1) is 12.2. The molecule has 3 rings (SSSR count). The van der Waals surface area contributed by atoms with Crippen molar-refractivity contribution in [3.63, 3.8) is 0 Å². The van der Waals surface area contributed by atoms with E-state index in [0.29, 0.717) is 10.9 Å². The Morgan fingerprint density at radius 2 is 2.00 bits per heavy atom. The number of fused-ring (bicyclic) bond motifs is 1. The summed E-state index contributed by atoms with van der Waals surface area (Å²) in [6.07, 6.45) is 4.31. The number of rotatable bonds is 3. The molecule has 0 aliphatic carbocycles. The molecular formula is C14H13N3OS. The lowest BCUT2D eigenvalue weighted by molar-refractivity contribution is -0.116. The summed E-state index contributed by atoms with van der Waals surface area (Å²) in [5, 5.41) is 0.642. The molecule has 4 nitrogen and oxygen atoms in total. The number of aromatic nitrogens is 2. The van der Waals surface area contributed by atoms with Crippen LogP contribution in [0.4, 0.5) is 5.69 Å². The van der Waals surface area contributed by atoms with Gasteiger partial charge in [0.25, 0.3) is 0 Å². The Balaban J connectivity index is 1.66. The molecule has 0 spiro atoms. The van der Waals surface area contributed by atoms with Crippen LogP contribution in [0.3, 0.4) is 0 Å². The van der Waals surface area contributed by atoms with Gasteiger partial charge in [-0.2, -0.15) is 0 Å². The van der Waals surface area contributed by atoms with Crippen molar-refractivity contribution in [2.24, 2.45) is 0 Å². The fourth-order valence-corrected chi connectivity index (χ4v) is 2.84. The van der Waals surface area contributed by atoms with Gasteiger partial charge < -0.3 is 4.90 Å². The standard InChI is InChI=1S/C14H13N3OS/c18-13(10-19-14-15-7-3-8-16-14)17-9-6-11-4-1-2-5-12(11)17/h1-5,7-8H,6,9-10H2. The van der Waals surface area contributed by atoms with Gasteiger partial charge in [0.05, 0.1) is 5.75 Å². The van der Waals surface area contributed by atoms with Crippen LogP contribution in [0.2, 0.25) is 0 Å². The van der Waals surface area contributed by atoms with E-state index in [1.165, 1.54) is 17.3 Å². The van der Waals surface area contributed by atoms with Gasteiger partial charge in [0.15, 0.2) is 5.16 Å². The summed E-state index contributed by atoms with van der Waals surface area (Å²) in [7, 11) is 0. The Kier molecular flexibility index (Phi) is 3.46. The van der Waals surface area contributed by atoms with Gasteiger partial charge >= 0.3 is 0 Å². The quantitative estimate of drug-likeness (QED) is 0.634. The summed E-state index contributed by atoms with van der Waals surface area (Å²) in [6, 6.07) is 9.83. The summed E-state index contributed by atoms with van der Waals surface area (Å²) in [5.41, 5.74) is 2.29. The maximum atomic E-state index is 12.2. The lowest BCUT2D eigenvalue weighted by atomic mass is 10.2. The second kappa shape index (κ2) is 5.40. The van der Waals surface area contributed by atoms with Crippen LogP contribution in [0.1, 0.15) is 5.56 Å². The van der Waals surface area contributed by atoms with Gasteiger partial charge in [0, 0.05) is 24.6 Å². The number of hydrogen-bond acceptors (Lipinski definition) is 4. The lowest BCUT2D eigenvalue weighted by Crippen LogP contribution is -2.30. The number of thioether (sulfide) groups is 1. The number of carbonyl (C=O) groups is 1. The second-order valence-electron chi connectivity index (χ2n) is 4.24. The smallest absolute Gasteiger partial charge is 0.237 e. The molecule has 0 saturated carbocycles. The van der Waals surface area contributed by atoms with Gasteiger partial charge in [0.2, 0.25) is 5.91 Å². The number of benzene rings is 1. The summed E-state index contributed by atoms with van der Waals surface area (Å²) in [4.78, 5) is 22.3. The van der Waals surface area contributed by atoms with Crippen molar-refractivity contribution in [1.29, 1.82) is 0 Å². The summed E-state index contributed by atoms with van der Waals surface area (Å²) < 4.78 is 0. The van der Waals surface area contributed by atoms with E-state index in [2.05, 4.69) is 16.0 Å². The highest BCUT2D eigenvalue weighted by molar-refractivity contribution is 7.99. The summed E-state index contributed by atoms with van der Waals surface area (Å²) in [5.74, 6) is 0.487. The van der Waals surface area contributed by atoms with E-state index in [0.717, 1.165) is 18.7 Å². The molecule has 5 heteroatoms. The number of amides is 1. The Morgan fingerprint density at radius 3 is 2.84 bits per heavy atom. The van der Waals surface area contributed by atoms with Gasteiger partial charge in [-0.1, -0.05) is 30.0 Å². The first-order valence-electron chi connectivity index (χ1n) is 6.13. The lowest BCUT2D eigenvalue weighted by Gasteiger charge is -2.16. The van der Waals surface area contributed by atoms with Gasteiger partial charge in [-0.3, -0.25) is 4.79 Å². The number of hydrogen-bond donors (Lipinski definition) is 0. The van der Waals surface area contributed by atoms with Gasteiger partial charge in [-0.05, 0) is 24.1 Å². The third-order valence-electron chi connectivity index (χ3n) is 3.06. The molecule has 1 aromatic heterocycles. The molecule has 0 saturated heterocycles. The second-order valence-corrected chi connectivity index (χ2v) is 5.19. The maximum Gasteiger partial charge on any atom is 0.237 e. The molecule has 0 fully saturated rings. The van der Waals surface area contributed by atoms with E-state index >= 15 is 0 Å². The molecule has 96 valence electrons. The number of carbonyl (C=O) groups excluding carboxylic acids is 1.